The van der Waals surface area contributed by atoms with Gasteiger partial charge < -0.3 is 9.80 Å². The van der Waals surface area contributed by atoms with Crippen LogP contribution in [-0.2, 0) is 19.6 Å². The van der Waals surface area contributed by atoms with Crippen LogP contribution in [0.1, 0.15) is 26.2 Å². The second-order valence-corrected chi connectivity index (χ2v) is 10.0. The Kier molecular flexibility index (Phi) is 5.74. The number of amides is 2. The van der Waals surface area contributed by atoms with E-state index in [2.05, 4.69) is 4.72 Å². The largest absolute Gasteiger partial charge is 0.341 e. The molecule has 2 aliphatic rings. The zero-order valence-corrected chi connectivity index (χ0v) is 18.2. The normalized spacial score (nSPS) is 20.9. The number of fused-ring (bicyclic) bond motifs is 1. The van der Waals surface area contributed by atoms with E-state index >= 15 is 0 Å². The van der Waals surface area contributed by atoms with E-state index < -0.39 is 22.1 Å². The van der Waals surface area contributed by atoms with Crippen molar-refractivity contribution < 1.29 is 18.0 Å². The van der Waals surface area contributed by atoms with Crippen LogP contribution in [0.2, 0.25) is 5.02 Å². The molecule has 0 spiro atoms. The molecule has 4 rings (SSSR count). The minimum Gasteiger partial charge on any atom is -0.341 e. The smallest absolute Gasteiger partial charge is 0.245 e. The molecule has 9 heteroatoms. The van der Waals surface area contributed by atoms with Gasteiger partial charge in [0.25, 0.3) is 0 Å². The maximum absolute atomic E-state index is 12.9. The van der Waals surface area contributed by atoms with E-state index in [1.807, 2.05) is 0 Å². The number of carbonyl (C=O) groups is 2. The fourth-order valence-corrected chi connectivity index (χ4v) is 5.59. The molecule has 2 fully saturated rings. The average molecular weight is 450 g/mol. The van der Waals surface area contributed by atoms with Gasteiger partial charge in [-0.05, 0) is 61.2 Å². The van der Waals surface area contributed by atoms with Gasteiger partial charge in [0.15, 0.2) is 0 Å². The Morgan fingerprint density at radius 2 is 1.77 bits per heavy atom. The molecule has 1 unspecified atom stereocenters. The predicted octanol–water partition coefficient (Wildman–Crippen LogP) is 2.38. The lowest BCUT2D eigenvalue weighted by Crippen LogP contribution is -2.49. The van der Waals surface area contributed by atoms with Crippen molar-refractivity contribution in [3.05, 3.63) is 41.4 Å². The molecule has 2 aliphatic heterocycles. The van der Waals surface area contributed by atoms with Gasteiger partial charge in [0, 0.05) is 24.7 Å². The van der Waals surface area contributed by atoms with Crippen molar-refractivity contribution in [2.75, 3.05) is 19.6 Å². The van der Waals surface area contributed by atoms with Crippen LogP contribution in [-0.4, -0.2) is 61.7 Å². The Balaban J connectivity index is 1.48. The van der Waals surface area contributed by atoms with Gasteiger partial charge in [-0.15, -0.1) is 0 Å². The number of halogens is 1. The quantitative estimate of drug-likeness (QED) is 0.759. The summed E-state index contributed by atoms with van der Waals surface area (Å²) in [6.07, 6.45) is 2.29. The van der Waals surface area contributed by atoms with Crippen LogP contribution in [0.15, 0.2) is 41.3 Å². The fourth-order valence-electron chi connectivity index (χ4n) is 4.15. The molecule has 2 atom stereocenters. The zero-order chi connectivity index (χ0) is 21.5. The van der Waals surface area contributed by atoms with E-state index in [0.29, 0.717) is 31.1 Å². The Hall–Kier alpha value is -2.16. The topological polar surface area (TPSA) is 86.8 Å². The molecule has 7 nitrogen and oxygen atoms in total. The summed E-state index contributed by atoms with van der Waals surface area (Å²) in [5.74, 6) is -0.427. The lowest BCUT2D eigenvalue weighted by atomic mass is 10.1. The van der Waals surface area contributed by atoms with Crippen LogP contribution in [0.4, 0.5) is 0 Å². The SMILES string of the molecule is C[C@@H](C(=O)N1CCCC1)N1CCC(NS(=O)(=O)c2ccc3cc(Cl)ccc3c2)C1=O. The van der Waals surface area contributed by atoms with Crippen LogP contribution >= 0.6 is 11.6 Å². The highest BCUT2D eigenvalue weighted by Gasteiger charge is 2.40. The highest BCUT2D eigenvalue weighted by atomic mass is 35.5. The van der Waals surface area contributed by atoms with Crippen LogP contribution < -0.4 is 4.72 Å². The summed E-state index contributed by atoms with van der Waals surface area (Å²) in [7, 11) is -3.89. The molecule has 2 aromatic rings. The first kappa shape index (κ1) is 21.1. The van der Waals surface area contributed by atoms with Gasteiger partial charge in [0.1, 0.15) is 12.1 Å². The molecule has 2 heterocycles. The number of nitrogens with zero attached hydrogens (tertiary/aromatic N) is 2. The van der Waals surface area contributed by atoms with Crippen molar-refractivity contribution in [3.8, 4) is 0 Å². The van der Waals surface area contributed by atoms with Gasteiger partial charge in [-0.2, -0.15) is 4.72 Å². The van der Waals surface area contributed by atoms with Gasteiger partial charge in [-0.1, -0.05) is 23.7 Å². The molecule has 0 radical (unpaired) electrons. The molecular formula is C21H24ClN3O4S. The van der Waals surface area contributed by atoms with E-state index in [9.17, 15) is 18.0 Å². The number of sulfonamides is 1. The average Bonchev–Trinajstić information content (AvgIpc) is 3.37. The standard InChI is InChI=1S/C21H24ClN3O4S/c1-14(20(26)24-9-2-3-10-24)25-11-8-19(21(25)27)23-30(28,29)18-7-5-15-12-17(22)6-4-16(15)13-18/h4-7,12-14,19,23H,2-3,8-11H2,1H3/t14-,19?/m0/s1. The van der Waals surface area contributed by atoms with E-state index in [0.717, 1.165) is 23.6 Å². The highest BCUT2D eigenvalue weighted by Crippen LogP contribution is 2.24. The predicted molar refractivity (Wildman–Crippen MR) is 115 cm³/mol. The second-order valence-electron chi connectivity index (χ2n) is 7.86. The first-order chi connectivity index (χ1) is 14.3. The number of benzene rings is 2. The summed E-state index contributed by atoms with van der Waals surface area (Å²) in [6.45, 7) is 3.50. The van der Waals surface area contributed by atoms with Gasteiger partial charge in [-0.3, -0.25) is 9.59 Å². The lowest BCUT2D eigenvalue weighted by molar-refractivity contribution is -0.142. The monoisotopic (exact) mass is 449 g/mol. The summed E-state index contributed by atoms with van der Waals surface area (Å²) >= 11 is 5.98. The summed E-state index contributed by atoms with van der Waals surface area (Å²) in [5, 5.41) is 2.15. The Morgan fingerprint density at radius 1 is 1.10 bits per heavy atom. The number of carbonyl (C=O) groups excluding carboxylic acids is 2. The Bertz CT molecular complexity index is 1100. The van der Waals surface area contributed by atoms with E-state index in [1.54, 1.807) is 42.2 Å². The Morgan fingerprint density at radius 3 is 2.50 bits per heavy atom. The third-order valence-electron chi connectivity index (χ3n) is 5.86. The molecular weight excluding hydrogens is 426 g/mol. The van der Waals surface area contributed by atoms with Gasteiger partial charge in [0.05, 0.1) is 4.90 Å². The van der Waals surface area contributed by atoms with E-state index in [4.69, 9.17) is 11.6 Å². The van der Waals surface area contributed by atoms with Crippen molar-refractivity contribution in [3.63, 3.8) is 0 Å². The molecule has 0 aliphatic carbocycles. The summed E-state index contributed by atoms with van der Waals surface area (Å²) < 4.78 is 28.3. The first-order valence-corrected chi connectivity index (χ1v) is 11.9. The van der Waals surface area contributed by atoms with Crippen molar-refractivity contribution in [1.82, 2.24) is 14.5 Å². The summed E-state index contributed by atoms with van der Waals surface area (Å²) in [5.41, 5.74) is 0. The third-order valence-corrected chi connectivity index (χ3v) is 7.57. The number of hydrogen-bond acceptors (Lipinski definition) is 4. The molecule has 0 saturated carbocycles. The molecule has 2 saturated heterocycles. The van der Waals surface area contributed by atoms with E-state index in [-0.39, 0.29) is 16.7 Å². The van der Waals surface area contributed by atoms with Gasteiger partial charge in [0.2, 0.25) is 21.8 Å². The lowest BCUT2D eigenvalue weighted by Gasteiger charge is -2.28. The van der Waals surface area contributed by atoms with Crippen molar-refractivity contribution in [2.24, 2.45) is 0 Å². The summed E-state index contributed by atoms with van der Waals surface area (Å²) in [6, 6.07) is 8.51. The van der Waals surface area contributed by atoms with Gasteiger partial charge >= 0.3 is 0 Å². The number of likely N-dealkylation sites (tertiary alicyclic amines) is 2. The number of nitrogens with one attached hydrogen (secondary N) is 1. The maximum atomic E-state index is 12.9. The van der Waals surface area contributed by atoms with Crippen molar-refractivity contribution in [2.45, 2.75) is 43.2 Å². The third kappa shape index (κ3) is 4.04. The Labute approximate surface area is 181 Å². The van der Waals surface area contributed by atoms with Crippen LogP contribution in [0, 0.1) is 0 Å². The second kappa shape index (κ2) is 8.17. The molecule has 1 N–H and O–H groups in total. The number of hydrogen-bond donors (Lipinski definition) is 1. The number of rotatable bonds is 5. The first-order valence-electron chi connectivity index (χ1n) is 10.1. The van der Waals surface area contributed by atoms with Crippen molar-refractivity contribution >= 4 is 44.2 Å². The molecule has 2 aromatic carbocycles. The molecule has 2 amide bonds. The van der Waals surface area contributed by atoms with Crippen LogP contribution in [0.25, 0.3) is 10.8 Å². The maximum Gasteiger partial charge on any atom is 0.245 e. The summed E-state index contributed by atoms with van der Waals surface area (Å²) in [4.78, 5) is 28.8. The van der Waals surface area contributed by atoms with Crippen LogP contribution in [0.3, 0.4) is 0 Å². The molecule has 30 heavy (non-hydrogen) atoms. The minimum atomic E-state index is -3.89. The zero-order valence-electron chi connectivity index (χ0n) is 16.7. The van der Waals surface area contributed by atoms with Gasteiger partial charge in [-0.25, -0.2) is 8.42 Å². The van der Waals surface area contributed by atoms with Crippen LogP contribution in [0.5, 0.6) is 0 Å². The van der Waals surface area contributed by atoms with Crippen molar-refractivity contribution in [1.29, 1.82) is 0 Å². The minimum absolute atomic E-state index is 0.0717. The molecule has 0 bridgehead atoms. The fraction of sp³-hybridized carbons (Fsp3) is 0.429. The molecule has 160 valence electrons. The van der Waals surface area contributed by atoms with E-state index in [1.165, 1.54) is 11.0 Å². The highest BCUT2D eigenvalue weighted by molar-refractivity contribution is 7.89. The molecule has 0 aromatic heterocycles.